The van der Waals surface area contributed by atoms with Crippen molar-refractivity contribution in [2.45, 2.75) is 27.2 Å². The monoisotopic (exact) mass is 152 g/mol. The van der Waals surface area contributed by atoms with Gasteiger partial charge in [-0.25, -0.2) is 0 Å². The minimum Gasteiger partial charge on any atom is -0.290 e. The Morgan fingerprint density at radius 1 is 1.36 bits per heavy atom. The molecule has 0 aliphatic heterocycles. The second-order valence-electron chi connectivity index (χ2n) is 2.93. The van der Waals surface area contributed by atoms with Crippen LogP contribution in [0.3, 0.4) is 0 Å². The van der Waals surface area contributed by atoms with E-state index < -0.39 is 0 Å². The maximum absolute atomic E-state index is 10.9. The zero-order chi connectivity index (χ0) is 8.69. The van der Waals surface area contributed by atoms with Crippen molar-refractivity contribution in [1.29, 1.82) is 0 Å². The van der Waals surface area contributed by atoms with Crippen molar-refractivity contribution in [2.75, 3.05) is 0 Å². The van der Waals surface area contributed by atoms with Gasteiger partial charge in [0.05, 0.1) is 0 Å². The van der Waals surface area contributed by atoms with Gasteiger partial charge in [-0.1, -0.05) is 26.0 Å². The number of carbonyl (C=O) groups is 1. The molecule has 62 valence electrons. The van der Waals surface area contributed by atoms with Crippen LogP contribution in [-0.2, 0) is 4.79 Å². The predicted molar refractivity (Wildman–Crippen MR) is 48.4 cm³/mol. The van der Waals surface area contributed by atoms with Crippen LogP contribution in [0.4, 0.5) is 0 Å². The number of ketones is 1. The first kappa shape index (κ1) is 10.2. The highest BCUT2D eigenvalue weighted by Gasteiger charge is 1.89. The molecule has 0 N–H and O–H groups in total. The highest BCUT2D eigenvalue weighted by atomic mass is 16.1. The third kappa shape index (κ3) is 7.04. The first-order valence-electron chi connectivity index (χ1n) is 4.00. The van der Waals surface area contributed by atoms with Crippen molar-refractivity contribution < 1.29 is 4.79 Å². The number of rotatable bonds is 4. The quantitative estimate of drug-likeness (QED) is 0.566. The van der Waals surface area contributed by atoms with Gasteiger partial charge in [-0.15, -0.1) is 0 Å². The SMILES string of the molecule is C/C=C\C(=O)C=CCC(C)C. The molecular formula is C10H16O. The zero-order valence-electron chi connectivity index (χ0n) is 7.50. The first-order chi connectivity index (χ1) is 5.16. The summed E-state index contributed by atoms with van der Waals surface area (Å²) in [4.78, 5) is 10.9. The summed E-state index contributed by atoms with van der Waals surface area (Å²) in [5, 5.41) is 0. The molecule has 0 aliphatic rings. The van der Waals surface area contributed by atoms with Crippen LogP contribution in [-0.4, -0.2) is 5.78 Å². The van der Waals surface area contributed by atoms with Crippen molar-refractivity contribution in [3.8, 4) is 0 Å². The van der Waals surface area contributed by atoms with Gasteiger partial charge in [-0.2, -0.15) is 0 Å². The molecule has 0 amide bonds. The summed E-state index contributed by atoms with van der Waals surface area (Å²) in [5.74, 6) is 0.706. The van der Waals surface area contributed by atoms with Crippen LogP contribution < -0.4 is 0 Å². The van der Waals surface area contributed by atoms with Crippen molar-refractivity contribution in [2.24, 2.45) is 5.92 Å². The fourth-order valence-electron chi connectivity index (χ4n) is 0.676. The van der Waals surface area contributed by atoms with Gasteiger partial charge in [-0.3, -0.25) is 4.79 Å². The van der Waals surface area contributed by atoms with Crippen LogP contribution >= 0.6 is 0 Å². The summed E-state index contributed by atoms with van der Waals surface area (Å²) in [6, 6.07) is 0. The molecule has 0 aromatic heterocycles. The van der Waals surface area contributed by atoms with Crippen LogP contribution in [0.5, 0.6) is 0 Å². The molecule has 1 nitrogen and oxygen atoms in total. The topological polar surface area (TPSA) is 17.1 Å². The molecule has 0 atom stereocenters. The van der Waals surface area contributed by atoms with Crippen molar-refractivity contribution >= 4 is 5.78 Å². The Morgan fingerprint density at radius 3 is 2.45 bits per heavy atom. The van der Waals surface area contributed by atoms with Gasteiger partial charge in [0.2, 0.25) is 0 Å². The van der Waals surface area contributed by atoms with E-state index in [9.17, 15) is 4.79 Å². The van der Waals surface area contributed by atoms with Gasteiger partial charge in [0, 0.05) is 0 Å². The van der Waals surface area contributed by atoms with E-state index >= 15 is 0 Å². The summed E-state index contributed by atoms with van der Waals surface area (Å²) >= 11 is 0. The Hall–Kier alpha value is -0.850. The molecule has 0 fully saturated rings. The fraction of sp³-hybridized carbons (Fsp3) is 0.500. The lowest BCUT2D eigenvalue weighted by Crippen LogP contribution is -1.86. The van der Waals surface area contributed by atoms with E-state index in [2.05, 4.69) is 13.8 Å². The summed E-state index contributed by atoms with van der Waals surface area (Å²) in [7, 11) is 0. The average molecular weight is 152 g/mol. The molecule has 0 bridgehead atoms. The molecular weight excluding hydrogens is 136 g/mol. The maximum Gasteiger partial charge on any atom is 0.177 e. The van der Waals surface area contributed by atoms with Gasteiger partial charge < -0.3 is 0 Å². The Labute approximate surface area is 68.8 Å². The van der Waals surface area contributed by atoms with Crippen LogP contribution in [0.1, 0.15) is 27.2 Å². The summed E-state index contributed by atoms with van der Waals surface area (Å²) in [5.41, 5.74) is 0. The zero-order valence-corrected chi connectivity index (χ0v) is 7.50. The van der Waals surface area contributed by atoms with Gasteiger partial charge in [0.25, 0.3) is 0 Å². The lowest BCUT2D eigenvalue weighted by Gasteiger charge is -1.94. The van der Waals surface area contributed by atoms with Crippen molar-refractivity contribution in [3.63, 3.8) is 0 Å². The number of carbonyl (C=O) groups excluding carboxylic acids is 1. The third-order valence-corrected chi connectivity index (χ3v) is 1.22. The molecule has 0 saturated carbocycles. The molecule has 0 aromatic carbocycles. The second kappa shape index (κ2) is 5.90. The van der Waals surface area contributed by atoms with Gasteiger partial charge in [-0.05, 0) is 31.4 Å². The van der Waals surface area contributed by atoms with E-state index in [0.717, 1.165) is 6.42 Å². The van der Waals surface area contributed by atoms with Gasteiger partial charge in [0.1, 0.15) is 0 Å². The average Bonchev–Trinajstić information content (AvgIpc) is 1.87. The van der Waals surface area contributed by atoms with E-state index in [-0.39, 0.29) is 5.78 Å². The van der Waals surface area contributed by atoms with Crippen LogP contribution in [0.2, 0.25) is 0 Å². The van der Waals surface area contributed by atoms with E-state index in [1.807, 2.05) is 13.0 Å². The smallest absolute Gasteiger partial charge is 0.177 e. The first-order valence-corrected chi connectivity index (χ1v) is 4.00. The molecule has 0 aliphatic carbocycles. The fourth-order valence-corrected chi connectivity index (χ4v) is 0.676. The normalized spacial score (nSPS) is 12.0. The molecule has 0 spiro atoms. The minimum atomic E-state index is 0.0770. The Morgan fingerprint density at radius 2 is 2.00 bits per heavy atom. The standard InChI is InChI=1S/C10H16O/c1-4-6-10(11)8-5-7-9(2)3/h4-6,8-9H,7H2,1-3H3/b6-4-,8-5?. The number of hydrogen-bond acceptors (Lipinski definition) is 1. The molecule has 0 radical (unpaired) electrons. The molecule has 0 heterocycles. The van der Waals surface area contributed by atoms with Crippen molar-refractivity contribution in [1.82, 2.24) is 0 Å². The minimum absolute atomic E-state index is 0.0770. The molecule has 0 saturated heterocycles. The largest absolute Gasteiger partial charge is 0.290 e. The lowest BCUT2D eigenvalue weighted by molar-refractivity contribution is -0.110. The summed E-state index contributed by atoms with van der Waals surface area (Å²) in [6.45, 7) is 6.10. The van der Waals surface area contributed by atoms with Crippen LogP contribution in [0.25, 0.3) is 0 Å². The molecule has 0 unspecified atom stereocenters. The van der Waals surface area contributed by atoms with Crippen LogP contribution in [0.15, 0.2) is 24.3 Å². The molecule has 11 heavy (non-hydrogen) atoms. The summed E-state index contributed by atoms with van der Waals surface area (Å²) < 4.78 is 0. The van der Waals surface area contributed by atoms with Gasteiger partial charge in [0.15, 0.2) is 5.78 Å². The highest BCUT2D eigenvalue weighted by molar-refractivity contribution is 5.98. The van der Waals surface area contributed by atoms with E-state index in [4.69, 9.17) is 0 Å². The number of hydrogen-bond donors (Lipinski definition) is 0. The van der Waals surface area contributed by atoms with Crippen LogP contribution in [0, 0.1) is 5.92 Å². The van der Waals surface area contributed by atoms with Gasteiger partial charge >= 0.3 is 0 Å². The summed E-state index contributed by atoms with van der Waals surface area (Å²) in [6.07, 6.45) is 7.84. The molecule has 0 aromatic rings. The molecule has 1 heteroatoms. The molecule has 0 rings (SSSR count). The van der Waals surface area contributed by atoms with E-state index in [1.165, 1.54) is 0 Å². The lowest BCUT2D eigenvalue weighted by atomic mass is 10.1. The maximum atomic E-state index is 10.9. The van der Waals surface area contributed by atoms with E-state index in [0.29, 0.717) is 5.92 Å². The van der Waals surface area contributed by atoms with E-state index in [1.54, 1.807) is 18.2 Å². The Bertz CT molecular complexity index is 164. The second-order valence-corrected chi connectivity index (χ2v) is 2.93. The number of allylic oxidation sites excluding steroid dienone is 4. The third-order valence-electron chi connectivity index (χ3n) is 1.22. The highest BCUT2D eigenvalue weighted by Crippen LogP contribution is 1.99. The van der Waals surface area contributed by atoms with Crippen molar-refractivity contribution in [3.05, 3.63) is 24.3 Å². The predicted octanol–water partition coefficient (Wildman–Crippen LogP) is 2.73. The Balaban J connectivity index is 3.65. The Kier molecular flexibility index (Phi) is 5.44.